The first-order valence-electron chi connectivity index (χ1n) is 20.9. The number of aryl methyl sites for hydroxylation is 1. The predicted molar refractivity (Wildman–Crippen MR) is 225 cm³/mol. The van der Waals surface area contributed by atoms with Crippen LogP contribution < -0.4 is 15.4 Å². The van der Waals surface area contributed by atoms with Crippen molar-refractivity contribution >= 4 is 23.4 Å². The zero-order valence-electron chi connectivity index (χ0n) is 35.7. The van der Waals surface area contributed by atoms with Crippen LogP contribution in [0.15, 0.2) is 54.6 Å². The van der Waals surface area contributed by atoms with E-state index in [0.29, 0.717) is 5.56 Å². The van der Waals surface area contributed by atoms with E-state index in [9.17, 15) is 65.1 Å². The van der Waals surface area contributed by atoms with Gasteiger partial charge in [-0.3, -0.25) is 14.4 Å². The van der Waals surface area contributed by atoms with Crippen LogP contribution >= 0.6 is 0 Å². The number of aliphatic carboxylic acids is 1. The number of phenolic OH excluding ortho intramolecular Hbond substituents is 3. The highest BCUT2D eigenvalue weighted by Gasteiger charge is 2.51. The number of aromatic hydroxyl groups is 3. The Hall–Kier alpha value is -6.04. The first kappa shape index (κ1) is 46.5. The minimum Gasteiger partial charge on any atom is -0.507 e. The summed E-state index contributed by atoms with van der Waals surface area (Å²) in [6, 6.07) is 10.8. The molecule has 0 spiro atoms. The minimum absolute atomic E-state index is 0.0127. The van der Waals surface area contributed by atoms with Crippen LogP contribution in [0.3, 0.4) is 0 Å². The maximum Gasteiger partial charge on any atom is 0.326 e. The average molecular weight is 917 g/mol. The number of phenols is 3. The van der Waals surface area contributed by atoms with Crippen LogP contribution in [-0.4, -0.2) is 151 Å². The summed E-state index contributed by atoms with van der Waals surface area (Å²) < 4.78 is 29.1. The number of fused-ring (bicyclic) bond motifs is 5. The number of carboxylic acid groups (broad SMARTS) is 1. The van der Waals surface area contributed by atoms with Crippen LogP contribution in [0.4, 0.5) is 0 Å². The monoisotopic (exact) mass is 916 g/mol. The average Bonchev–Trinajstić information content (AvgIpc) is 3.28. The number of methoxy groups -OCH3 is 1. The third kappa shape index (κ3) is 7.83. The number of benzene rings is 4. The number of carboxylic acids is 1. The molecular formula is C46H48N2O18. The summed E-state index contributed by atoms with van der Waals surface area (Å²) in [6.07, 6.45) is -15.8. The van der Waals surface area contributed by atoms with Crippen LogP contribution in [-0.2, 0) is 30.2 Å². The summed E-state index contributed by atoms with van der Waals surface area (Å²) in [7, 11) is 2.81. The van der Waals surface area contributed by atoms with Crippen molar-refractivity contribution in [3.63, 3.8) is 0 Å². The highest BCUT2D eigenvalue weighted by molar-refractivity contribution is 6.31. The first-order valence-corrected chi connectivity index (χ1v) is 20.9. The molecule has 0 radical (unpaired) electrons. The summed E-state index contributed by atoms with van der Waals surface area (Å²) in [6.45, 7) is 2.59. The number of amides is 1. The Bertz CT molecular complexity index is 2600. The SMILES string of the molecule is CN[C@@H]1[C@H](O[C@@H]2OC[C@@H](O)[C@H](O)[C@H]2O)[C@@H](O)[C@H](O[C@H]2c3cc(C)c(C(=O)N[C@H](Cc4ccccc4)C(=O)O)c(O)c3-c3c(cc4c(c3O)C(=O)c3cc(OC)cc(O)c3C4=O)[C@@H]2O)O[C@@H]1C. The van der Waals surface area contributed by atoms with Crippen LogP contribution in [0.5, 0.6) is 23.0 Å². The van der Waals surface area contributed by atoms with Gasteiger partial charge in [0.05, 0.1) is 42.6 Å². The number of ketones is 2. The standard InChI is InChI=1S/C46H48N2O18/c1-16-10-23-30(37(55)27(16)43(59)48-24(44(60)61)11-18-8-6-5-7-9-18)29-21(14-22-31(38(29)56)34(52)20-12-19(62-4)13-25(49)28(20)33(22)51)35(53)41(23)65-46-40(58)42(32(47-3)17(2)64-46)66-45-39(57)36(54)26(50)15-63-45/h5-10,12-14,17,24,26,32,35-36,39-42,45-47,49-50,53-58H,11,15H2,1-4H3,(H,48,59)(H,60,61)/t17-,24-,26-,32+,35+,36+,39-,40-,41+,42+,45+,46+/m1/s1. The molecule has 20 nitrogen and oxygen atoms in total. The molecule has 2 aliphatic heterocycles. The number of nitrogens with one attached hydrogen (secondary N) is 2. The van der Waals surface area contributed by atoms with Crippen molar-refractivity contribution in [1.82, 2.24) is 10.6 Å². The van der Waals surface area contributed by atoms with E-state index in [1.165, 1.54) is 33.2 Å². The summed E-state index contributed by atoms with van der Waals surface area (Å²) in [4.78, 5) is 55.0. The summed E-state index contributed by atoms with van der Waals surface area (Å²) in [5, 5.41) is 106. The lowest BCUT2D eigenvalue weighted by Gasteiger charge is -2.47. The van der Waals surface area contributed by atoms with Crippen LogP contribution in [0.1, 0.15) is 83.6 Å². The largest absolute Gasteiger partial charge is 0.507 e. The van der Waals surface area contributed by atoms with Gasteiger partial charge >= 0.3 is 5.97 Å². The van der Waals surface area contributed by atoms with E-state index < -0.39 is 149 Å². The predicted octanol–water partition coefficient (Wildman–Crippen LogP) is 0.611. The van der Waals surface area contributed by atoms with E-state index in [-0.39, 0.29) is 40.0 Å². The number of rotatable bonds is 11. The molecule has 0 saturated carbocycles. The molecule has 2 fully saturated rings. The Kier molecular flexibility index (Phi) is 12.7. The highest BCUT2D eigenvalue weighted by Crippen LogP contribution is 2.57. The number of hydrogen-bond acceptors (Lipinski definition) is 18. The lowest BCUT2D eigenvalue weighted by Crippen LogP contribution is -2.65. The molecule has 2 aliphatic carbocycles. The molecule has 4 aliphatic rings. The van der Waals surface area contributed by atoms with Crippen molar-refractivity contribution < 1.29 is 88.8 Å². The molecule has 2 heterocycles. The molecule has 11 N–H and O–H groups in total. The van der Waals surface area contributed by atoms with Gasteiger partial charge in [-0.2, -0.15) is 0 Å². The van der Waals surface area contributed by atoms with E-state index in [0.717, 1.165) is 12.1 Å². The number of hydrogen-bond donors (Lipinski definition) is 11. The van der Waals surface area contributed by atoms with Crippen LogP contribution in [0.2, 0.25) is 0 Å². The van der Waals surface area contributed by atoms with Crippen molar-refractivity contribution in [1.29, 1.82) is 0 Å². The second kappa shape index (κ2) is 18.0. The van der Waals surface area contributed by atoms with Gasteiger partial charge in [0.15, 0.2) is 24.1 Å². The Morgan fingerprint density at radius 3 is 2.15 bits per heavy atom. The number of carbonyl (C=O) groups excluding carboxylic acids is 3. The normalized spacial score (nSPS) is 28.3. The maximum absolute atomic E-state index is 14.2. The Morgan fingerprint density at radius 1 is 0.818 bits per heavy atom. The molecule has 0 aromatic heterocycles. The quantitative estimate of drug-likeness (QED) is 0.0865. The molecule has 20 heteroatoms. The number of ether oxygens (including phenoxy) is 5. The molecule has 4 aromatic carbocycles. The molecule has 1 amide bonds. The number of aliphatic hydroxyl groups excluding tert-OH is 5. The van der Waals surface area contributed by atoms with Gasteiger partial charge < -0.3 is 80.3 Å². The second-order valence-electron chi connectivity index (χ2n) is 16.6. The molecule has 66 heavy (non-hydrogen) atoms. The number of carbonyl (C=O) groups is 4. The fourth-order valence-corrected chi connectivity index (χ4v) is 9.25. The van der Waals surface area contributed by atoms with Crippen molar-refractivity contribution in [3.05, 3.63) is 105 Å². The van der Waals surface area contributed by atoms with E-state index in [4.69, 9.17) is 23.7 Å². The smallest absolute Gasteiger partial charge is 0.326 e. The second-order valence-corrected chi connectivity index (χ2v) is 16.6. The Morgan fingerprint density at radius 2 is 1.48 bits per heavy atom. The Balaban J connectivity index is 1.25. The van der Waals surface area contributed by atoms with E-state index in [1.807, 2.05) is 0 Å². The van der Waals surface area contributed by atoms with Gasteiger partial charge in [0.25, 0.3) is 5.91 Å². The fraction of sp³-hybridized carbons (Fsp3) is 0.391. The van der Waals surface area contributed by atoms with Crippen molar-refractivity contribution in [3.8, 4) is 34.1 Å². The zero-order chi connectivity index (χ0) is 47.6. The molecular weight excluding hydrogens is 869 g/mol. The van der Waals surface area contributed by atoms with Crippen molar-refractivity contribution in [2.45, 2.75) is 93.8 Å². The van der Waals surface area contributed by atoms with Crippen molar-refractivity contribution in [2.75, 3.05) is 20.8 Å². The first-order chi connectivity index (χ1) is 31.4. The van der Waals surface area contributed by atoms with Gasteiger partial charge in [-0.25, -0.2) is 4.79 Å². The van der Waals surface area contributed by atoms with Gasteiger partial charge in [-0.1, -0.05) is 36.4 Å². The summed E-state index contributed by atoms with van der Waals surface area (Å²) >= 11 is 0. The van der Waals surface area contributed by atoms with Crippen LogP contribution in [0, 0.1) is 6.92 Å². The van der Waals surface area contributed by atoms with Crippen molar-refractivity contribution in [2.24, 2.45) is 0 Å². The third-order valence-corrected chi connectivity index (χ3v) is 12.6. The lowest BCUT2D eigenvalue weighted by atomic mass is 9.74. The Labute approximate surface area is 375 Å². The van der Waals surface area contributed by atoms with Gasteiger partial charge in [-0.15, -0.1) is 0 Å². The van der Waals surface area contributed by atoms with Gasteiger partial charge in [0.1, 0.15) is 71.8 Å². The third-order valence-electron chi connectivity index (χ3n) is 12.6. The van der Waals surface area contributed by atoms with Gasteiger partial charge in [-0.05, 0) is 55.3 Å². The molecule has 350 valence electrons. The van der Waals surface area contributed by atoms with Crippen LogP contribution in [0.25, 0.3) is 11.1 Å². The van der Waals surface area contributed by atoms with Gasteiger partial charge in [0, 0.05) is 34.7 Å². The molecule has 0 unspecified atom stereocenters. The highest BCUT2D eigenvalue weighted by atomic mass is 16.7. The van der Waals surface area contributed by atoms with E-state index >= 15 is 0 Å². The van der Waals surface area contributed by atoms with E-state index in [2.05, 4.69) is 10.6 Å². The fourth-order valence-electron chi connectivity index (χ4n) is 9.25. The molecule has 12 atom stereocenters. The lowest BCUT2D eigenvalue weighted by molar-refractivity contribution is -0.339. The van der Waals surface area contributed by atoms with E-state index in [1.54, 1.807) is 37.3 Å². The summed E-state index contributed by atoms with van der Waals surface area (Å²) in [5.74, 6) is -6.66. The summed E-state index contributed by atoms with van der Waals surface area (Å²) in [5.41, 5.74) is -2.84. The number of aliphatic hydroxyl groups is 5. The number of likely N-dealkylation sites (N-methyl/N-ethyl adjacent to an activating group) is 1. The maximum atomic E-state index is 14.2. The molecule has 2 saturated heterocycles. The molecule has 8 rings (SSSR count). The molecule has 0 bridgehead atoms. The molecule has 4 aromatic rings. The topological polar surface area (TPSA) is 321 Å². The van der Waals surface area contributed by atoms with Gasteiger partial charge in [0.2, 0.25) is 0 Å². The minimum atomic E-state index is -1.91. The zero-order valence-corrected chi connectivity index (χ0v) is 35.7.